The summed E-state index contributed by atoms with van der Waals surface area (Å²) < 4.78 is 0. The Morgan fingerprint density at radius 1 is 1.29 bits per heavy atom. The van der Waals surface area contributed by atoms with Crippen molar-refractivity contribution < 1.29 is 9.90 Å². The molecule has 2 atom stereocenters. The second-order valence-corrected chi connectivity index (χ2v) is 5.18. The van der Waals surface area contributed by atoms with Crippen LogP contribution in [0.25, 0.3) is 0 Å². The summed E-state index contributed by atoms with van der Waals surface area (Å²) in [5, 5.41) is 9.20. The average Bonchev–Trinajstić information content (AvgIpc) is 1.99. The van der Waals surface area contributed by atoms with Crippen molar-refractivity contribution in [2.45, 2.75) is 19.8 Å². The average molecular weight is 197 g/mol. The van der Waals surface area contributed by atoms with Gasteiger partial charge in [-0.25, -0.2) is 0 Å². The first-order chi connectivity index (χ1) is 6.58. The van der Waals surface area contributed by atoms with Gasteiger partial charge in [0.05, 0.1) is 5.92 Å². The summed E-state index contributed by atoms with van der Waals surface area (Å²) in [6, 6.07) is 0. The second-order valence-electron chi connectivity index (χ2n) is 5.18. The van der Waals surface area contributed by atoms with Crippen LogP contribution in [-0.2, 0) is 4.79 Å². The molecule has 2 fully saturated rings. The Labute approximate surface area is 85.1 Å². The van der Waals surface area contributed by atoms with Crippen molar-refractivity contribution in [3.8, 4) is 0 Å². The van der Waals surface area contributed by atoms with Crippen LogP contribution in [0.2, 0.25) is 0 Å². The predicted molar refractivity (Wildman–Crippen MR) is 54.0 cm³/mol. The van der Waals surface area contributed by atoms with Gasteiger partial charge in [0.1, 0.15) is 0 Å². The molecule has 3 heteroatoms. The SMILES string of the molecule is CC1CC2CN(C)CC(C1)C2C(=O)O. The maximum Gasteiger partial charge on any atom is 0.307 e. The van der Waals surface area contributed by atoms with Gasteiger partial charge in [0, 0.05) is 13.1 Å². The Kier molecular flexibility index (Phi) is 2.52. The number of hydrogen-bond acceptors (Lipinski definition) is 2. The van der Waals surface area contributed by atoms with Gasteiger partial charge in [0.25, 0.3) is 0 Å². The third-order valence-electron chi connectivity index (χ3n) is 3.80. The zero-order valence-corrected chi connectivity index (χ0v) is 8.94. The number of carboxylic acids is 1. The number of fused-ring (bicyclic) bond motifs is 2. The topological polar surface area (TPSA) is 40.5 Å². The summed E-state index contributed by atoms with van der Waals surface area (Å²) in [7, 11) is 2.11. The fourth-order valence-corrected chi connectivity index (χ4v) is 3.46. The van der Waals surface area contributed by atoms with Gasteiger partial charge in [-0.1, -0.05) is 6.92 Å². The van der Waals surface area contributed by atoms with Gasteiger partial charge >= 0.3 is 5.97 Å². The van der Waals surface area contributed by atoms with Crippen molar-refractivity contribution in [3.63, 3.8) is 0 Å². The molecule has 0 aromatic rings. The lowest BCUT2D eigenvalue weighted by molar-refractivity contribution is -0.151. The number of likely N-dealkylation sites (tertiary alicyclic amines) is 1. The molecule has 0 aromatic heterocycles. The quantitative estimate of drug-likeness (QED) is 0.688. The summed E-state index contributed by atoms with van der Waals surface area (Å²) in [4.78, 5) is 13.5. The van der Waals surface area contributed by atoms with Gasteiger partial charge in [0.15, 0.2) is 0 Å². The number of hydrogen-bond donors (Lipinski definition) is 1. The Morgan fingerprint density at radius 3 is 2.21 bits per heavy atom. The molecule has 1 heterocycles. The molecule has 14 heavy (non-hydrogen) atoms. The molecule has 1 N–H and O–H groups in total. The standard InChI is InChI=1S/C11H19NO2/c1-7-3-8-5-12(2)6-9(4-7)10(8)11(13)14/h7-10H,3-6H2,1-2H3,(H,13,14). The van der Waals surface area contributed by atoms with E-state index in [-0.39, 0.29) is 5.92 Å². The highest BCUT2D eigenvalue weighted by Crippen LogP contribution is 2.41. The van der Waals surface area contributed by atoms with Gasteiger partial charge in [-0.3, -0.25) is 4.79 Å². The number of piperidine rings is 1. The Balaban J connectivity index is 2.17. The summed E-state index contributed by atoms with van der Waals surface area (Å²) >= 11 is 0. The number of nitrogens with zero attached hydrogens (tertiary/aromatic N) is 1. The van der Waals surface area contributed by atoms with Crippen LogP contribution in [0.15, 0.2) is 0 Å². The lowest BCUT2D eigenvalue weighted by Crippen LogP contribution is -2.51. The molecule has 3 nitrogen and oxygen atoms in total. The predicted octanol–water partition coefficient (Wildman–Crippen LogP) is 1.29. The zero-order chi connectivity index (χ0) is 10.3. The minimum Gasteiger partial charge on any atom is -0.481 e. The first kappa shape index (κ1) is 9.97. The summed E-state index contributed by atoms with van der Waals surface area (Å²) in [6.07, 6.45) is 2.19. The lowest BCUT2D eigenvalue weighted by Gasteiger charge is -2.46. The fourth-order valence-electron chi connectivity index (χ4n) is 3.46. The molecule has 0 radical (unpaired) electrons. The van der Waals surface area contributed by atoms with Crippen molar-refractivity contribution >= 4 is 5.97 Å². The molecule has 1 aliphatic carbocycles. The third kappa shape index (κ3) is 1.65. The van der Waals surface area contributed by atoms with E-state index in [1.807, 2.05) is 0 Å². The molecule has 1 aliphatic heterocycles. The van der Waals surface area contributed by atoms with E-state index in [9.17, 15) is 9.90 Å². The molecule has 1 saturated carbocycles. The molecule has 2 aliphatic rings. The van der Waals surface area contributed by atoms with Crippen LogP contribution in [-0.4, -0.2) is 36.1 Å². The first-order valence-corrected chi connectivity index (χ1v) is 5.49. The van der Waals surface area contributed by atoms with Crippen molar-refractivity contribution in [3.05, 3.63) is 0 Å². The van der Waals surface area contributed by atoms with E-state index in [0.717, 1.165) is 25.9 Å². The van der Waals surface area contributed by atoms with Crippen LogP contribution >= 0.6 is 0 Å². The highest BCUT2D eigenvalue weighted by molar-refractivity contribution is 5.71. The van der Waals surface area contributed by atoms with E-state index in [4.69, 9.17) is 0 Å². The van der Waals surface area contributed by atoms with Gasteiger partial charge in [-0.05, 0) is 37.6 Å². The lowest BCUT2D eigenvalue weighted by atomic mass is 9.66. The van der Waals surface area contributed by atoms with Gasteiger partial charge in [0.2, 0.25) is 0 Å². The van der Waals surface area contributed by atoms with Gasteiger partial charge in [-0.15, -0.1) is 0 Å². The van der Waals surface area contributed by atoms with Crippen LogP contribution in [0.3, 0.4) is 0 Å². The highest BCUT2D eigenvalue weighted by atomic mass is 16.4. The molecule has 0 aromatic carbocycles. The maximum absolute atomic E-state index is 11.2. The van der Waals surface area contributed by atoms with E-state index in [2.05, 4.69) is 18.9 Å². The smallest absolute Gasteiger partial charge is 0.307 e. The van der Waals surface area contributed by atoms with Crippen molar-refractivity contribution in [2.24, 2.45) is 23.7 Å². The van der Waals surface area contributed by atoms with Crippen LogP contribution < -0.4 is 0 Å². The minimum atomic E-state index is -0.569. The van der Waals surface area contributed by atoms with Crippen molar-refractivity contribution in [1.29, 1.82) is 0 Å². The Bertz CT molecular complexity index is 211. The van der Waals surface area contributed by atoms with Gasteiger partial charge < -0.3 is 10.0 Å². The van der Waals surface area contributed by atoms with Crippen molar-refractivity contribution in [2.75, 3.05) is 20.1 Å². The van der Waals surface area contributed by atoms with E-state index in [1.54, 1.807) is 0 Å². The summed E-state index contributed by atoms with van der Waals surface area (Å²) in [5.74, 6) is 0.858. The van der Waals surface area contributed by atoms with E-state index >= 15 is 0 Å². The third-order valence-corrected chi connectivity index (χ3v) is 3.80. The van der Waals surface area contributed by atoms with Crippen LogP contribution in [0.4, 0.5) is 0 Å². The van der Waals surface area contributed by atoms with E-state index in [1.165, 1.54) is 0 Å². The number of carboxylic acid groups (broad SMARTS) is 1. The minimum absolute atomic E-state index is 0.0672. The van der Waals surface area contributed by atoms with Crippen LogP contribution in [0.1, 0.15) is 19.8 Å². The number of aliphatic carboxylic acids is 1. The molecule has 2 bridgehead atoms. The van der Waals surface area contributed by atoms with Crippen LogP contribution in [0, 0.1) is 23.7 Å². The monoisotopic (exact) mass is 197 g/mol. The molecule has 1 saturated heterocycles. The molecule has 0 amide bonds. The number of carbonyl (C=O) groups is 1. The highest BCUT2D eigenvalue weighted by Gasteiger charge is 2.44. The Hall–Kier alpha value is -0.570. The zero-order valence-electron chi connectivity index (χ0n) is 8.94. The molecule has 2 rings (SSSR count). The molecular weight excluding hydrogens is 178 g/mol. The first-order valence-electron chi connectivity index (χ1n) is 5.49. The van der Waals surface area contributed by atoms with Crippen LogP contribution in [0.5, 0.6) is 0 Å². The maximum atomic E-state index is 11.2. The molecule has 2 unspecified atom stereocenters. The fraction of sp³-hybridized carbons (Fsp3) is 0.909. The number of rotatable bonds is 1. The van der Waals surface area contributed by atoms with E-state index in [0.29, 0.717) is 17.8 Å². The second kappa shape index (κ2) is 3.54. The summed E-state index contributed by atoms with van der Waals surface area (Å²) in [5.41, 5.74) is 0. The van der Waals surface area contributed by atoms with Crippen molar-refractivity contribution in [1.82, 2.24) is 4.90 Å². The Morgan fingerprint density at radius 2 is 1.79 bits per heavy atom. The largest absolute Gasteiger partial charge is 0.481 e. The molecular formula is C11H19NO2. The van der Waals surface area contributed by atoms with Gasteiger partial charge in [-0.2, -0.15) is 0 Å². The van der Waals surface area contributed by atoms with E-state index < -0.39 is 5.97 Å². The molecule has 0 spiro atoms. The summed E-state index contributed by atoms with van der Waals surface area (Å²) in [6.45, 7) is 4.19. The molecule has 80 valence electrons. The normalized spacial score (nSPS) is 43.6.